The van der Waals surface area contributed by atoms with Crippen molar-refractivity contribution in [1.29, 1.82) is 0 Å². The van der Waals surface area contributed by atoms with Crippen molar-refractivity contribution in [2.75, 3.05) is 27.6 Å². The molecule has 0 amide bonds. The van der Waals surface area contributed by atoms with Crippen LogP contribution < -0.4 is 14.2 Å². The number of benzene rings is 1. The summed E-state index contributed by atoms with van der Waals surface area (Å²) in [7, 11) is 3.51. The molecule has 5 rings (SSSR count). The lowest BCUT2D eigenvalue weighted by Crippen LogP contribution is -2.49. The minimum absolute atomic E-state index is 0.0525. The number of hydrogen-bond acceptors (Lipinski definition) is 5. The van der Waals surface area contributed by atoms with E-state index in [9.17, 15) is 0 Å². The lowest BCUT2D eigenvalue weighted by molar-refractivity contribution is 0.0744. The van der Waals surface area contributed by atoms with Gasteiger partial charge in [0.25, 0.3) is 0 Å². The van der Waals surface area contributed by atoms with Gasteiger partial charge in [-0.2, -0.15) is 0 Å². The SMILES string of the molecule is COc1c2c(cc3c1OCO3)[C@]13C=C[C@H](OC)C[C@@H]1N(CC3)C2. The van der Waals surface area contributed by atoms with E-state index in [2.05, 4.69) is 23.1 Å². The molecule has 0 N–H and O–H groups in total. The highest BCUT2D eigenvalue weighted by Gasteiger charge is 2.54. The van der Waals surface area contributed by atoms with E-state index < -0.39 is 0 Å². The number of methoxy groups -OCH3 is 2. The average molecular weight is 315 g/mol. The van der Waals surface area contributed by atoms with E-state index in [1.54, 1.807) is 14.2 Å². The van der Waals surface area contributed by atoms with E-state index in [-0.39, 0.29) is 18.3 Å². The zero-order valence-electron chi connectivity index (χ0n) is 13.5. The van der Waals surface area contributed by atoms with Crippen molar-refractivity contribution in [3.63, 3.8) is 0 Å². The number of hydrogen-bond donors (Lipinski definition) is 0. The molecule has 0 aromatic heterocycles. The smallest absolute Gasteiger partial charge is 0.231 e. The summed E-state index contributed by atoms with van der Waals surface area (Å²) in [4.78, 5) is 2.57. The van der Waals surface area contributed by atoms with Crippen LogP contribution in [0.4, 0.5) is 0 Å². The molecule has 23 heavy (non-hydrogen) atoms. The van der Waals surface area contributed by atoms with Gasteiger partial charge in [-0.3, -0.25) is 4.90 Å². The molecule has 1 saturated heterocycles. The molecule has 1 unspecified atom stereocenters. The Balaban J connectivity index is 1.73. The van der Waals surface area contributed by atoms with Gasteiger partial charge in [-0.15, -0.1) is 0 Å². The van der Waals surface area contributed by atoms with Crippen molar-refractivity contribution in [3.05, 3.63) is 29.3 Å². The Morgan fingerprint density at radius 2 is 2.22 bits per heavy atom. The predicted molar refractivity (Wildman–Crippen MR) is 84.2 cm³/mol. The molecule has 1 aliphatic carbocycles. The van der Waals surface area contributed by atoms with Crippen LogP contribution in [0.5, 0.6) is 17.2 Å². The summed E-state index contributed by atoms with van der Waals surface area (Å²) in [5.74, 6) is 2.43. The molecule has 1 fully saturated rings. The highest BCUT2D eigenvalue weighted by molar-refractivity contribution is 5.64. The molecule has 5 nitrogen and oxygen atoms in total. The first-order chi connectivity index (χ1) is 11.3. The molecule has 0 spiro atoms. The molecular formula is C18H21NO4. The van der Waals surface area contributed by atoms with Gasteiger partial charge in [-0.25, -0.2) is 0 Å². The fourth-order valence-corrected chi connectivity index (χ4v) is 4.92. The minimum atomic E-state index is 0.0525. The predicted octanol–water partition coefficient (Wildman–Crippen LogP) is 2.22. The number of ether oxygens (including phenoxy) is 4. The Labute approximate surface area is 135 Å². The molecular weight excluding hydrogens is 294 g/mol. The van der Waals surface area contributed by atoms with Crippen molar-refractivity contribution in [1.82, 2.24) is 4.90 Å². The largest absolute Gasteiger partial charge is 0.492 e. The molecule has 1 aromatic carbocycles. The lowest BCUT2D eigenvalue weighted by Gasteiger charge is -2.46. The summed E-state index contributed by atoms with van der Waals surface area (Å²) in [5, 5.41) is 0. The summed E-state index contributed by atoms with van der Waals surface area (Å²) in [6.45, 7) is 2.29. The van der Waals surface area contributed by atoms with E-state index in [0.717, 1.165) is 43.2 Å². The standard InChI is InChI=1S/C18H21NO4/c1-20-11-3-4-18-5-6-19(15(18)7-11)9-12-13(18)8-14-17(16(12)21-2)23-10-22-14/h3-4,8,11,15H,5-7,9-10H2,1-2H3/t11-,15-,18+/m0/s1. The second-order valence-electron chi connectivity index (χ2n) is 6.82. The van der Waals surface area contributed by atoms with Crippen molar-refractivity contribution in [2.45, 2.75) is 36.9 Å². The van der Waals surface area contributed by atoms with Crippen LogP contribution in [0.1, 0.15) is 24.0 Å². The highest BCUT2D eigenvalue weighted by Crippen LogP contribution is 2.57. The molecule has 5 heteroatoms. The van der Waals surface area contributed by atoms with Gasteiger partial charge in [0, 0.05) is 37.2 Å². The van der Waals surface area contributed by atoms with E-state index in [1.165, 1.54) is 11.1 Å². The zero-order chi connectivity index (χ0) is 15.6. The number of fused-ring (bicyclic) bond motifs is 2. The fraction of sp³-hybridized carbons (Fsp3) is 0.556. The van der Waals surface area contributed by atoms with Crippen molar-refractivity contribution < 1.29 is 18.9 Å². The molecule has 0 saturated carbocycles. The van der Waals surface area contributed by atoms with Crippen LogP contribution in [0.3, 0.4) is 0 Å². The van der Waals surface area contributed by atoms with Gasteiger partial charge in [0.1, 0.15) is 0 Å². The van der Waals surface area contributed by atoms with Crippen LogP contribution in [0.15, 0.2) is 18.2 Å². The summed E-state index contributed by atoms with van der Waals surface area (Å²) >= 11 is 0. The van der Waals surface area contributed by atoms with E-state index in [1.807, 2.05) is 0 Å². The highest BCUT2D eigenvalue weighted by atomic mass is 16.7. The van der Waals surface area contributed by atoms with Crippen molar-refractivity contribution in [3.8, 4) is 17.2 Å². The Hall–Kier alpha value is -1.72. The second kappa shape index (κ2) is 4.65. The monoisotopic (exact) mass is 315 g/mol. The molecule has 4 aliphatic rings. The summed E-state index contributed by atoms with van der Waals surface area (Å²) in [6, 6.07) is 2.68. The van der Waals surface area contributed by atoms with Gasteiger partial charge < -0.3 is 18.9 Å². The summed E-state index contributed by atoms with van der Waals surface area (Å²) in [6.07, 6.45) is 7.00. The van der Waals surface area contributed by atoms with Gasteiger partial charge in [0.2, 0.25) is 12.5 Å². The van der Waals surface area contributed by atoms with Crippen LogP contribution >= 0.6 is 0 Å². The van der Waals surface area contributed by atoms with Crippen LogP contribution in [0.25, 0.3) is 0 Å². The first-order valence-corrected chi connectivity index (χ1v) is 8.23. The maximum Gasteiger partial charge on any atom is 0.231 e. The molecule has 3 aliphatic heterocycles. The van der Waals surface area contributed by atoms with Gasteiger partial charge in [0.05, 0.1) is 13.2 Å². The second-order valence-corrected chi connectivity index (χ2v) is 6.82. The quantitative estimate of drug-likeness (QED) is 0.783. The van der Waals surface area contributed by atoms with E-state index in [0.29, 0.717) is 6.04 Å². The van der Waals surface area contributed by atoms with Crippen LogP contribution in [0.2, 0.25) is 0 Å². The van der Waals surface area contributed by atoms with Crippen LogP contribution in [-0.2, 0) is 16.7 Å². The number of nitrogens with zero attached hydrogens (tertiary/aromatic N) is 1. The normalized spacial score (nSPS) is 35.8. The summed E-state index contributed by atoms with van der Waals surface area (Å²) < 4.78 is 22.6. The third-order valence-corrected chi connectivity index (χ3v) is 6.00. The van der Waals surface area contributed by atoms with Gasteiger partial charge in [0.15, 0.2) is 11.5 Å². The molecule has 3 heterocycles. The number of rotatable bonds is 2. The first kappa shape index (κ1) is 13.7. The first-order valence-electron chi connectivity index (χ1n) is 8.23. The maximum absolute atomic E-state index is 5.72. The third kappa shape index (κ3) is 1.64. The molecule has 2 bridgehead atoms. The van der Waals surface area contributed by atoms with Gasteiger partial charge in [-0.1, -0.05) is 12.2 Å². The molecule has 122 valence electrons. The van der Waals surface area contributed by atoms with Crippen LogP contribution in [-0.4, -0.2) is 44.6 Å². The Bertz CT molecular complexity index is 701. The lowest BCUT2D eigenvalue weighted by atomic mass is 9.66. The minimum Gasteiger partial charge on any atom is -0.492 e. The Morgan fingerprint density at radius 1 is 1.30 bits per heavy atom. The van der Waals surface area contributed by atoms with Crippen molar-refractivity contribution >= 4 is 0 Å². The third-order valence-electron chi connectivity index (χ3n) is 6.00. The molecule has 4 atom stereocenters. The Kier molecular flexibility index (Phi) is 2.77. The van der Waals surface area contributed by atoms with Gasteiger partial charge >= 0.3 is 0 Å². The Morgan fingerprint density at radius 3 is 3.04 bits per heavy atom. The topological polar surface area (TPSA) is 40.2 Å². The fourth-order valence-electron chi connectivity index (χ4n) is 4.92. The molecule has 0 radical (unpaired) electrons. The summed E-state index contributed by atoms with van der Waals surface area (Å²) in [5.41, 5.74) is 2.66. The van der Waals surface area contributed by atoms with Crippen molar-refractivity contribution in [2.24, 2.45) is 0 Å². The maximum atomic E-state index is 5.72. The van der Waals surface area contributed by atoms with E-state index in [4.69, 9.17) is 18.9 Å². The zero-order valence-corrected chi connectivity index (χ0v) is 13.5. The van der Waals surface area contributed by atoms with Crippen LogP contribution in [0, 0.1) is 0 Å². The average Bonchev–Trinajstić information content (AvgIpc) is 3.15. The van der Waals surface area contributed by atoms with Gasteiger partial charge in [-0.05, 0) is 24.5 Å². The van der Waals surface area contributed by atoms with E-state index >= 15 is 0 Å². The molecule has 1 aromatic rings.